The lowest BCUT2D eigenvalue weighted by Crippen LogP contribution is -2.29. The van der Waals surface area contributed by atoms with Gasteiger partial charge >= 0.3 is 0 Å². The van der Waals surface area contributed by atoms with Crippen LogP contribution in [0, 0.1) is 0 Å². The maximum absolute atomic E-state index is 5.30. The minimum Gasteiger partial charge on any atom is -0.312 e. The van der Waals surface area contributed by atoms with Crippen molar-refractivity contribution in [2.24, 2.45) is 0 Å². The van der Waals surface area contributed by atoms with Crippen LogP contribution in [0.2, 0.25) is 0 Å². The Morgan fingerprint density at radius 1 is 1.23 bits per heavy atom. The molecule has 0 aliphatic rings. The molecule has 1 heterocycles. The van der Waals surface area contributed by atoms with Gasteiger partial charge in [-0.2, -0.15) is 11.3 Å². The highest BCUT2D eigenvalue weighted by atomic mass is 32.1. The first-order valence-electron chi connectivity index (χ1n) is 4.57. The van der Waals surface area contributed by atoms with Crippen molar-refractivity contribution in [1.82, 2.24) is 5.32 Å². The Balaban J connectivity index is 0.000000223. The summed E-state index contributed by atoms with van der Waals surface area (Å²) >= 11 is 1.56. The SMILES string of the molecule is CC(C)NC(C)C.[B]c1cccs1. The Morgan fingerprint density at radius 2 is 1.77 bits per heavy atom. The van der Waals surface area contributed by atoms with E-state index in [1.54, 1.807) is 11.3 Å². The first-order chi connectivity index (χ1) is 6.02. The summed E-state index contributed by atoms with van der Waals surface area (Å²) in [6, 6.07) is 5.06. The van der Waals surface area contributed by atoms with E-state index in [2.05, 4.69) is 33.0 Å². The summed E-state index contributed by atoms with van der Waals surface area (Å²) in [5.74, 6) is 0. The molecule has 0 unspecified atom stereocenters. The van der Waals surface area contributed by atoms with Crippen LogP contribution in [0.25, 0.3) is 0 Å². The zero-order chi connectivity index (χ0) is 10.3. The van der Waals surface area contributed by atoms with Crippen LogP contribution in [0.1, 0.15) is 27.7 Å². The lowest BCUT2D eigenvalue weighted by Gasteiger charge is -2.10. The van der Waals surface area contributed by atoms with Crippen molar-refractivity contribution in [3.63, 3.8) is 0 Å². The predicted octanol–water partition coefficient (Wildman–Crippen LogP) is 1.93. The molecule has 0 saturated heterocycles. The maximum atomic E-state index is 5.30. The molecule has 0 saturated carbocycles. The van der Waals surface area contributed by atoms with Crippen LogP contribution in [0.15, 0.2) is 17.5 Å². The van der Waals surface area contributed by atoms with Crippen LogP contribution >= 0.6 is 11.3 Å². The van der Waals surface area contributed by atoms with Gasteiger partial charge in [0.05, 0.1) is 0 Å². The molecule has 1 N–H and O–H groups in total. The Labute approximate surface area is 87.0 Å². The Hall–Kier alpha value is -0.275. The summed E-state index contributed by atoms with van der Waals surface area (Å²) in [6.45, 7) is 8.61. The van der Waals surface area contributed by atoms with Gasteiger partial charge < -0.3 is 5.32 Å². The molecule has 0 aromatic carbocycles. The fraction of sp³-hybridized carbons (Fsp3) is 0.600. The first kappa shape index (κ1) is 12.7. The van der Waals surface area contributed by atoms with Gasteiger partial charge in [0.2, 0.25) is 0 Å². The summed E-state index contributed by atoms with van der Waals surface area (Å²) < 4.78 is 0.884. The van der Waals surface area contributed by atoms with E-state index in [4.69, 9.17) is 7.85 Å². The summed E-state index contributed by atoms with van der Waals surface area (Å²) in [7, 11) is 5.30. The van der Waals surface area contributed by atoms with E-state index in [1.807, 2.05) is 17.5 Å². The predicted molar refractivity (Wildman–Crippen MR) is 63.1 cm³/mol. The van der Waals surface area contributed by atoms with Crippen LogP contribution < -0.4 is 10.1 Å². The average molecular weight is 195 g/mol. The Kier molecular flexibility index (Phi) is 7.01. The third-order valence-electron chi connectivity index (χ3n) is 1.21. The molecule has 0 bridgehead atoms. The van der Waals surface area contributed by atoms with Gasteiger partial charge in [0.25, 0.3) is 0 Å². The van der Waals surface area contributed by atoms with E-state index in [0.717, 1.165) is 4.78 Å². The number of nitrogens with one attached hydrogen (secondary N) is 1. The van der Waals surface area contributed by atoms with E-state index in [1.165, 1.54) is 0 Å². The van der Waals surface area contributed by atoms with Crippen molar-refractivity contribution in [2.45, 2.75) is 39.8 Å². The number of rotatable bonds is 2. The summed E-state index contributed by atoms with van der Waals surface area (Å²) in [4.78, 5) is 0. The second-order valence-corrected chi connectivity index (χ2v) is 4.47. The summed E-state index contributed by atoms with van der Waals surface area (Å²) in [5.41, 5.74) is 0. The molecular weight excluding hydrogens is 177 g/mol. The number of hydrogen-bond acceptors (Lipinski definition) is 2. The topological polar surface area (TPSA) is 12.0 Å². The van der Waals surface area contributed by atoms with Crippen molar-refractivity contribution in [1.29, 1.82) is 0 Å². The van der Waals surface area contributed by atoms with E-state index < -0.39 is 0 Å². The van der Waals surface area contributed by atoms with Gasteiger partial charge in [-0.05, 0) is 10.2 Å². The molecular formula is C10H18BNS. The van der Waals surface area contributed by atoms with Gasteiger partial charge in [0, 0.05) is 12.1 Å². The van der Waals surface area contributed by atoms with Crippen LogP contribution in [-0.2, 0) is 0 Å². The smallest absolute Gasteiger partial charge is 0.128 e. The van der Waals surface area contributed by atoms with Crippen LogP contribution in [-0.4, -0.2) is 19.9 Å². The van der Waals surface area contributed by atoms with Crippen molar-refractivity contribution in [3.05, 3.63) is 17.5 Å². The molecule has 0 aliphatic heterocycles. The fourth-order valence-corrected chi connectivity index (χ4v) is 1.43. The van der Waals surface area contributed by atoms with Gasteiger partial charge in [-0.15, -0.1) is 0 Å². The normalized spacial score (nSPS) is 10.0. The fourth-order valence-electron chi connectivity index (χ4n) is 0.958. The monoisotopic (exact) mass is 195 g/mol. The molecule has 13 heavy (non-hydrogen) atoms. The third kappa shape index (κ3) is 9.64. The van der Waals surface area contributed by atoms with E-state index >= 15 is 0 Å². The molecule has 72 valence electrons. The Morgan fingerprint density at radius 3 is 1.85 bits per heavy atom. The molecule has 1 rings (SSSR count). The third-order valence-corrected chi connectivity index (χ3v) is 1.91. The lowest BCUT2D eigenvalue weighted by molar-refractivity contribution is 0.518. The summed E-state index contributed by atoms with van der Waals surface area (Å²) in [6.07, 6.45) is 0. The van der Waals surface area contributed by atoms with Gasteiger partial charge in [-0.1, -0.05) is 39.8 Å². The highest BCUT2D eigenvalue weighted by Crippen LogP contribution is 1.87. The standard InChI is InChI=1S/C6H15N.C4H3BS/c1-5(2)7-6(3)4;5-4-2-1-3-6-4/h5-7H,1-4H3;1-3H. The highest BCUT2D eigenvalue weighted by Gasteiger charge is 1.92. The van der Waals surface area contributed by atoms with E-state index in [0.29, 0.717) is 12.1 Å². The number of hydrogen-bond donors (Lipinski definition) is 1. The van der Waals surface area contributed by atoms with E-state index in [-0.39, 0.29) is 0 Å². The molecule has 0 atom stereocenters. The minimum absolute atomic E-state index is 0.625. The maximum Gasteiger partial charge on any atom is 0.128 e. The average Bonchev–Trinajstić information content (AvgIpc) is 2.37. The van der Waals surface area contributed by atoms with Gasteiger partial charge in [0.15, 0.2) is 0 Å². The molecule has 0 aliphatic carbocycles. The van der Waals surface area contributed by atoms with Crippen LogP contribution in [0.3, 0.4) is 0 Å². The molecule has 3 heteroatoms. The van der Waals surface area contributed by atoms with Crippen LogP contribution in [0.4, 0.5) is 0 Å². The quantitative estimate of drug-likeness (QED) is 0.711. The van der Waals surface area contributed by atoms with Crippen LogP contribution in [0.5, 0.6) is 0 Å². The van der Waals surface area contributed by atoms with Crippen molar-refractivity contribution < 1.29 is 0 Å². The highest BCUT2D eigenvalue weighted by molar-refractivity contribution is 7.18. The molecule has 1 aromatic rings. The lowest BCUT2D eigenvalue weighted by atomic mass is 10.1. The molecule has 0 amide bonds. The van der Waals surface area contributed by atoms with Crippen molar-refractivity contribution in [3.8, 4) is 0 Å². The zero-order valence-electron chi connectivity index (χ0n) is 8.87. The Bertz CT molecular complexity index is 189. The van der Waals surface area contributed by atoms with Gasteiger partial charge in [-0.3, -0.25) is 0 Å². The molecule has 1 nitrogen and oxygen atoms in total. The first-order valence-corrected chi connectivity index (χ1v) is 5.45. The van der Waals surface area contributed by atoms with Gasteiger partial charge in [-0.25, -0.2) is 0 Å². The van der Waals surface area contributed by atoms with E-state index in [9.17, 15) is 0 Å². The molecule has 0 spiro atoms. The summed E-state index contributed by atoms with van der Waals surface area (Å²) in [5, 5.41) is 5.26. The largest absolute Gasteiger partial charge is 0.312 e. The second-order valence-electron chi connectivity index (χ2n) is 3.49. The molecule has 1 aromatic heterocycles. The van der Waals surface area contributed by atoms with Crippen molar-refractivity contribution in [2.75, 3.05) is 0 Å². The molecule has 0 fully saturated rings. The van der Waals surface area contributed by atoms with Crippen molar-refractivity contribution >= 4 is 24.0 Å². The number of thiophene rings is 1. The van der Waals surface area contributed by atoms with Gasteiger partial charge in [0.1, 0.15) is 7.85 Å². The molecule has 2 radical (unpaired) electrons. The zero-order valence-corrected chi connectivity index (χ0v) is 9.69. The second kappa shape index (κ2) is 7.16. The minimum atomic E-state index is 0.625.